The van der Waals surface area contributed by atoms with Crippen molar-refractivity contribution in [1.82, 2.24) is 19.8 Å². The Labute approximate surface area is 250 Å². The third kappa shape index (κ3) is 7.04. The van der Waals surface area contributed by atoms with E-state index in [-0.39, 0.29) is 31.8 Å². The van der Waals surface area contributed by atoms with E-state index in [1.807, 2.05) is 4.90 Å². The molecule has 0 bridgehead atoms. The van der Waals surface area contributed by atoms with E-state index < -0.39 is 18.1 Å². The Morgan fingerprint density at radius 2 is 1.95 bits per heavy atom. The van der Waals surface area contributed by atoms with Crippen LogP contribution in [0.1, 0.15) is 35.2 Å². The molecular weight excluding hydrogens is 559 g/mol. The lowest BCUT2D eigenvalue weighted by Gasteiger charge is -2.41. The number of alkyl halides is 3. The number of halogens is 3. The first-order chi connectivity index (χ1) is 20.5. The molecule has 2 saturated heterocycles. The second-order valence-electron chi connectivity index (χ2n) is 11.6. The minimum Gasteiger partial charge on any atom is -0.462 e. The molecule has 2 fully saturated rings. The molecule has 43 heavy (non-hydrogen) atoms. The normalized spacial score (nSPS) is 21.3. The fourth-order valence-corrected chi connectivity index (χ4v) is 6.22. The highest BCUT2D eigenvalue weighted by atomic mass is 19.4. The molecule has 2 aromatic rings. The van der Waals surface area contributed by atoms with Gasteiger partial charge >= 0.3 is 12.2 Å². The van der Waals surface area contributed by atoms with Gasteiger partial charge in [-0.2, -0.15) is 23.1 Å². The first kappa shape index (κ1) is 30.6. The molecule has 12 heteroatoms. The third-order valence-corrected chi connectivity index (χ3v) is 8.80. The summed E-state index contributed by atoms with van der Waals surface area (Å²) in [5, 5.41) is 0. The van der Waals surface area contributed by atoms with Crippen LogP contribution in [0.15, 0.2) is 30.4 Å². The van der Waals surface area contributed by atoms with Crippen molar-refractivity contribution in [2.45, 2.75) is 57.9 Å². The van der Waals surface area contributed by atoms with Gasteiger partial charge in [0.2, 0.25) is 12.5 Å². The number of aromatic nitrogens is 2. The highest BCUT2D eigenvalue weighted by molar-refractivity contribution is 5.88. The summed E-state index contributed by atoms with van der Waals surface area (Å²) in [5.41, 5.74) is 5.49. The van der Waals surface area contributed by atoms with Crippen LogP contribution in [-0.4, -0.2) is 96.9 Å². The van der Waals surface area contributed by atoms with Gasteiger partial charge < -0.3 is 29.2 Å². The number of carbonyl (C=O) groups excluding carboxylic acids is 1. The standard InChI is InChI=1S/C31H38F3N7O2/c1-21-7-5-9-27(22(21)2)39-14-11-25-26(19-39)36-30(43-20-23-8-6-13-38(23)4)37-29(25)40-15-16-41(24(18-40)17-35-3)28(42)10-12-31(32,33)34/h5,7,9-10,12,23-24H,6,8,11,13-20H2,1-2,4H3/b12-10+/t23-,24-/m0/s1. The van der Waals surface area contributed by atoms with Crippen molar-refractivity contribution in [3.05, 3.63) is 64.2 Å². The van der Waals surface area contributed by atoms with E-state index >= 15 is 0 Å². The van der Waals surface area contributed by atoms with Crippen LogP contribution in [0.2, 0.25) is 0 Å². The number of rotatable bonds is 7. The van der Waals surface area contributed by atoms with Crippen LogP contribution < -0.4 is 14.5 Å². The number of allylic oxidation sites excluding steroid dienone is 1. The Balaban J connectivity index is 1.43. The number of hydrogen-bond acceptors (Lipinski definition) is 7. The van der Waals surface area contributed by atoms with Crippen molar-refractivity contribution in [2.24, 2.45) is 0 Å². The van der Waals surface area contributed by atoms with Crippen molar-refractivity contribution in [3.63, 3.8) is 0 Å². The minimum absolute atomic E-state index is 0.0207. The monoisotopic (exact) mass is 597 g/mol. The molecule has 230 valence electrons. The maximum atomic E-state index is 12.7. The largest absolute Gasteiger partial charge is 0.462 e. The van der Waals surface area contributed by atoms with Crippen LogP contribution in [0.5, 0.6) is 6.01 Å². The van der Waals surface area contributed by atoms with Crippen LogP contribution in [0.3, 0.4) is 0 Å². The molecule has 4 heterocycles. The Hall–Kier alpha value is -3.85. The summed E-state index contributed by atoms with van der Waals surface area (Å²) in [6.07, 6.45) is -1.22. The maximum absolute atomic E-state index is 12.7. The summed E-state index contributed by atoms with van der Waals surface area (Å²) >= 11 is 0. The van der Waals surface area contributed by atoms with Crippen LogP contribution >= 0.6 is 0 Å². The molecule has 0 spiro atoms. The summed E-state index contributed by atoms with van der Waals surface area (Å²) < 4.78 is 44.4. The van der Waals surface area contributed by atoms with E-state index in [4.69, 9.17) is 21.3 Å². The molecule has 1 amide bonds. The number of hydrogen-bond donors (Lipinski definition) is 0. The number of nitrogens with zero attached hydrogens (tertiary/aromatic N) is 7. The fourth-order valence-electron chi connectivity index (χ4n) is 6.22. The van der Waals surface area contributed by atoms with E-state index in [1.165, 1.54) is 16.0 Å². The minimum atomic E-state index is -4.58. The Morgan fingerprint density at radius 1 is 1.14 bits per heavy atom. The number of anilines is 2. The van der Waals surface area contributed by atoms with E-state index in [2.05, 4.69) is 53.7 Å². The lowest BCUT2D eigenvalue weighted by atomic mass is 10.0. The number of ether oxygens (including phenoxy) is 1. The molecule has 0 aliphatic carbocycles. The second kappa shape index (κ2) is 12.8. The molecule has 0 radical (unpaired) electrons. The van der Waals surface area contributed by atoms with Gasteiger partial charge in [0.05, 0.1) is 12.2 Å². The van der Waals surface area contributed by atoms with Gasteiger partial charge in [0.1, 0.15) is 18.5 Å². The predicted octanol–water partition coefficient (Wildman–Crippen LogP) is 4.18. The predicted molar refractivity (Wildman–Crippen MR) is 158 cm³/mol. The fraction of sp³-hybridized carbons (Fsp3) is 0.548. The molecule has 0 unspecified atom stereocenters. The molecule has 0 N–H and O–H groups in total. The van der Waals surface area contributed by atoms with Gasteiger partial charge in [0.25, 0.3) is 0 Å². The molecule has 9 nitrogen and oxygen atoms in total. The highest BCUT2D eigenvalue weighted by Crippen LogP contribution is 2.34. The molecule has 2 atom stereocenters. The topological polar surface area (TPSA) is 69.4 Å². The number of aryl methyl sites for hydroxylation is 1. The lowest BCUT2D eigenvalue weighted by molar-refractivity contribution is -0.129. The van der Waals surface area contributed by atoms with E-state index in [1.54, 1.807) is 0 Å². The van der Waals surface area contributed by atoms with Crippen molar-refractivity contribution in [3.8, 4) is 6.01 Å². The summed E-state index contributed by atoms with van der Waals surface area (Å²) in [4.78, 5) is 33.9. The summed E-state index contributed by atoms with van der Waals surface area (Å²) in [5.74, 6) is -0.0301. The Morgan fingerprint density at radius 3 is 2.67 bits per heavy atom. The SMILES string of the molecule is [C-]#[N+]C[C@H]1CN(c2nc(OC[C@@H]3CCCN3C)nc3c2CCN(c2cccc(C)c2C)C3)CCN1C(=O)/C=C/C(F)(F)F. The van der Waals surface area contributed by atoms with E-state index in [0.717, 1.165) is 42.9 Å². The van der Waals surface area contributed by atoms with Gasteiger partial charge in [-0.1, -0.05) is 12.1 Å². The number of carbonyl (C=O) groups is 1. The van der Waals surface area contributed by atoms with Gasteiger partial charge in [0, 0.05) is 55.6 Å². The number of amides is 1. The number of likely N-dealkylation sites (tertiary alicyclic amines) is 1. The summed E-state index contributed by atoms with van der Waals surface area (Å²) in [7, 11) is 2.09. The highest BCUT2D eigenvalue weighted by Gasteiger charge is 2.36. The van der Waals surface area contributed by atoms with Gasteiger partial charge in [-0.05, 0) is 63.9 Å². The quantitative estimate of drug-likeness (QED) is 0.351. The van der Waals surface area contributed by atoms with Crippen LogP contribution in [0.4, 0.5) is 24.7 Å². The average Bonchev–Trinajstić information content (AvgIpc) is 3.39. The Bertz CT molecular complexity index is 1410. The van der Waals surface area contributed by atoms with Gasteiger partial charge in [-0.3, -0.25) is 4.79 Å². The van der Waals surface area contributed by atoms with Gasteiger partial charge in [0.15, 0.2) is 0 Å². The van der Waals surface area contributed by atoms with Gasteiger partial charge in [-0.25, -0.2) is 6.57 Å². The number of benzene rings is 1. The van der Waals surface area contributed by atoms with Crippen molar-refractivity contribution >= 4 is 17.4 Å². The number of fused-ring (bicyclic) bond motifs is 1. The first-order valence-electron chi connectivity index (χ1n) is 14.7. The van der Waals surface area contributed by atoms with Crippen molar-refractivity contribution in [1.29, 1.82) is 0 Å². The smallest absolute Gasteiger partial charge is 0.409 e. The molecule has 3 aliphatic rings. The van der Waals surface area contributed by atoms with Crippen LogP contribution in [-0.2, 0) is 17.8 Å². The molecule has 1 aromatic heterocycles. The lowest BCUT2D eigenvalue weighted by Crippen LogP contribution is -2.56. The Kier molecular flexibility index (Phi) is 9.11. The zero-order valence-electron chi connectivity index (χ0n) is 24.9. The zero-order valence-corrected chi connectivity index (χ0v) is 24.9. The van der Waals surface area contributed by atoms with Gasteiger partial charge in [-0.15, -0.1) is 0 Å². The summed E-state index contributed by atoms with van der Waals surface area (Å²) in [6.45, 7) is 15.3. The zero-order chi connectivity index (χ0) is 30.7. The second-order valence-corrected chi connectivity index (χ2v) is 11.6. The van der Waals surface area contributed by atoms with E-state index in [9.17, 15) is 18.0 Å². The molecular formula is C31H38F3N7O2. The molecule has 5 rings (SSSR count). The summed E-state index contributed by atoms with van der Waals surface area (Å²) in [6, 6.07) is 6.30. The van der Waals surface area contributed by atoms with Crippen LogP contribution in [0.25, 0.3) is 4.85 Å². The first-order valence-corrected chi connectivity index (χ1v) is 14.7. The number of piperazine rings is 1. The molecule has 1 aromatic carbocycles. The number of likely N-dealkylation sites (N-methyl/N-ethyl adjacent to an activating group) is 1. The van der Waals surface area contributed by atoms with Crippen LogP contribution in [0, 0.1) is 20.4 Å². The average molecular weight is 598 g/mol. The molecule has 0 saturated carbocycles. The van der Waals surface area contributed by atoms with Crippen molar-refractivity contribution in [2.75, 3.05) is 62.7 Å². The van der Waals surface area contributed by atoms with E-state index in [0.29, 0.717) is 44.0 Å². The maximum Gasteiger partial charge on any atom is 0.409 e. The third-order valence-electron chi connectivity index (χ3n) is 8.80. The molecule has 3 aliphatic heterocycles. The van der Waals surface area contributed by atoms with Crippen molar-refractivity contribution < 1.29 is 22.7 Å².